The summed E-state index contributed by atoms with van der Waals surface area (Å²) in [5.41, 5.74) is 3.55. The summed E-state index contributed by atoms with van der Waals surface area (Å²) < 4.78 is 0. The Balaban J connectivity index is 2.32. The minimum absolute atomic E-state index is 0.354. The number of rotatable bonds is 5. The van der Waals surface area contributed by atoms with Crippen molar-refractivity contribution in [3.05, 3.63) is 35.4 Å². The lowest BCUT2D eigenvalue weighted by molar-refractivity contribution is 0.274. The smallest absolute Gasteiger partial charge is 0.00831 e. The molecule has 106 valence electrons. The monoisotopic (exact) mass is 259 g/mol. The van der Waals surface area contributed by atoms with Crippen LogP contribution in [-0.4, -0.2) is 12.6 Å². The summed E-state index contributed by atoms with van der Waals surface area (Å²) in [6.45, 7) is 10.3. The van der Waals surface area contributed by atoms with E-state index in [2.05, 4.69) is 57.3 Å². The Morgan fingerprint density at radius 2 is 1.89 bits per heavy atom. The summed E-state index contributed by atoms with van der Waals surface area (Å²) >= 11 is 0. The zero-order valence-corrected chi connectivity index (χ0v) is 13.0. The summed E-state index contributed by atoms with van der Waals surface area (Å²) in [6.07, 6.45) is 5.23. The molecular weight excluding hydrogens is 230 g/mol. The van der Waals surface area contributed by atoms with E-state index in [9.17, 15) is 0 Å². The highest BCUT2D eigenvalue weighted by molar-refractivity contribution is 5.37. The molecule has 0 aromatic heterocycles. The third-order valence-electron chi connectivity index (χ3n) is 4.34. The molecule has 1 nitrogen and oxygen atoms in total. The number of aryl methyl sites for hydroxylation is 1. The Labute approximate surface area is 118 Å². The molecule has 19 heavy (non-hydrogen) atoms. The lowest BCUT2D eigenvalue weighted by Gasteiger charge is -2.41. The van der Waals surface area contributed by atoms with Gasteiger partial charge in [0.25, 0.3) is 0 Å². The predicted octanol–water partition coefficient (Wildman–Crippen LogP) is 4.30. The van der Waals surface area contributed by atoms with Gasteiger partial charge in [-0.15, -0.1) is 0 Å². The van der Waals surface area contributed by atoms with Gasteiger partial charge in [-0.2, -0.15) is 0 Å². The Hall–Kier alpha value is -0.820. The Kier molecular flexibility index (Phi) is 4.67. The van der Waals surface area contributed by atoms with Gasteiger partial charge in [0.05, 0.1) is 0 Å². The zero-order chi connectivity index (χ0) is 13.9. The fraction of sp³-hybridized carbons (Fsp3) is 0.667. The summed E-state index contributed by atoms with van der Waals surface area (Å²) in [4.78, 5) is 0. The van der Waals surface area contributed by atoms with Gasteiger partial charge < -0.3 is 5.32 Å². The van der Waals surface area contributed by atoms with Crippen LogP contribution in [0.25, 0.3) is 0 Å². The minimum Gasteiger partial charge on any atom is -0.314 e. The molecule has 0 fully saturated rings. The van der Waals surface area contributed by atoms with E-state index >= 15 is 0 Å². The summed E-state index contributed by atoms with van der Waals surface area (Å²) in [6, 6.07) is 9.69. The van der Waals surface area contributed by atoms with Gasteiger partial charge in [0.2, 0.25) is 0 Å². The van der Waals surface area contributed by atoms with Gasteiger partial charge in [-0.05, 0) is 42.7 Å². The summed E-state index contributed by atoms with van der Waals surface area (Å²) in [5, 5.41) is 3.70. The number of benzene rings is 1. The third kappa shape index (κ3) is 3.39. The molecule has 1 unspecified atom stereocenters. The molecule has 0 aliphatic heterocycles. The van der Waals surface area contributed by atoms with E-state index in [1.165, 1.54) is 25.7 Å². The maximum Gasteiger partial charge on any atom is 0.00831 e. The fourth-order valence-corrected chi connectivity index (χ4v) is 3.66. The molecule has 2 rings (SSSR count). The van der Waals surface area contributed by atoms with Crippen molar-refractivity contribution < 1.29 is 0 Å². The minimum atomic E-state index is 0.354. The molecule has 0 radical (unpaired) electrons. The van der Waals surface area contributed by atoms with Gasteiger partial charge in [0.15, 0.2) is 0 Å². The molecule has 0 saturated carbocycles. The van der Waals surface area contributed by atoms with Crippen molar-refractivity contribution in [3.8, 4) is 0 Å². The van der Waals surface area contributed by atoms with Gasteiger partial charge in [-0.1, -0.05) is 52.0 Å². The lowest BCUT2D eigenvalue weighted by Crippen LogP contribution is -2.44. The molecule has 0 saturated heterocycles. The number of fused-ring (bicyclic) bond motifs is 1. The SMILES string of the molecule is CC(C)CC1(CNC(C)C)CCCc2ccccc21. The standard InChI is InChI=1S/C18H29N/c1-14(2)12-18(13-19-15(3)4)11-7-9-16-8-5-6-10-17(16)18/h5-6,8,10,14-15,19H,7,9,11-13H2,1-4H3. The van der Waals surface area contributed by atoms with Crippen molar-refractivity contribution in [1.82, 2.24) is 5.32 Å². The molecule has 1 aromatic carbocycles. The highest BCUT2D eigenvalue weighted by Gasteiger charge is 2.36. The Morgan fingerprint density at radius 3 is 2.58 bits per heavy atom. The van der Waals surface area contributed by atoms with E-state index in [4.69, 9.17) is 0 Å². The quantitative estimate of drug-likeness (QED) is 0.831. The number of hydrogen-bond donors (Lipinski definition) is 1. The van der Waals surface area contributed by atoms with Crippen molar-refractivity contribution in [2.24, 2.45) is 5.92 Å². The van der Waals surface area contributed by atoms with Crippen molar-refractivity contribution >= 4 is 0 Å². The van der Waals surface area contributed by atoms with Crippen LogP contribution >= 0.6 is 0 Å². The van der Waals surface area contributed by atoms with Crippen LogP contribution in [-0.2, 0) is 11.8 Å². The first kappa shape index (κ1) is 14.6. The highest BCUT2D eigenvalue weighted by atomic mass is 14.9. The van der Waals surface area contributed by atoms with Gasteiger partial charge in [0.1, 0.15) is 0 Å². The lowest BCUT2D eigenvalue weighted by atomic mass is 9.66. The molecule has 0 bridgehead atoms. The van der Waals surface area contributed by atoms with Crippen LogP contribution in [0.5, 0.6) is 0 Å². The topological polar surface area (TPSA) is 12.0 Å². The van der Waals surface area contributed by atoms with E-state index in [0.717, 1.165) is 12.5 Å². The summed E-state index contributed by atoms with van der Waals surface area (Å²) in [5.74, 6) is 0.750. The van der Waals surface area contributed by atoms with Crippen LogP contribution in [0.15, 0.2) is 24.3 Å². The normalized spacial score (nSPS) is 22.8. The van der Waals surface area contributed by atoms with Gasteiger partial charge >= 0.3 is 0 Å². The number of hydrogen-bond acceptors (Lipinski definition) is 1. The maximum atomic E-state index is 3.70. The average Bonchev–Trinajstić information content (AvgIpc) is 2.36. The molecule has 1 atom stereocenters. The Bertz CT molecular complexity index is 408. The van der Waals surface area contributed by atoms with Gasteiger partial charge in [-0.25, -0.2) is 0 Å². The van der Waals surface area contributed by atoms with E-state index in [0.29, 0.717) is 11.5 Å². The molecule has 0 heterocycles. The molecule has 1 N–H and O–H groups in total. The molecule has 1 aromatic rings. The largest absolute Gasteiger partial charge is 0.314 e. The van der Waals surface area contributed by atoms with Crippen LogP contribution in [0.4, 0.5) is 0 Å². The van der Waals surface area contributed by atoms with Crippen LogP contribution in [0.1, 0.15) is 58.1 Å². The molecule has 0 amide bonds. The molecule has 1 heteroatoms. The zero-order valence-electron chi connectivity index (χ0n) is 13.0. The predicted molar refractivity (Wildman–Crippen MR) is 83.7 cm³/mol. The van der Waals surface area contributed by atoms with E-state index in [1.54, 1.807) is 11.1 Å². The second kappa shape index (κ2) is 6.09. The van der Waals surface area contributed by atoms with Crippen molar-refractivity contribution in [1.29, 1.82) is 0 Å². The van der Waals surface area contributed by atoms with Gasteiger partial charge in [0, 0.05) is 18.0 Å². The van der Waals surface area contributed by atoms with Crippen LogP contribution in [0, 0.1) is 5.92 Å². The molecule has 0 spiro atoms. The third-order valence-corrected chi connectivity index (χ3v) is 4.34. The summed E-state index contributed by atoms with van der Waals surface area (Å²) in [7, 11) is 0. The van der Waals surface area contributed by atoms with Crippen LogP contribution in [0.3, 0.4) is 0 Å². The first-order valence-electron chi connectivity index (χ1n) is 7.85. The van der Waals surface area contributed by atoms with Crippen molar-refractivity contribution in [2.75, 3.05) is 6.54 Å². The van der Waals surface area contributed by atoms with Crippen LogP contribution in [0.2, 0.25) is 0 Å². The maximum absolute atomic E-state index is 3.70. The first-order valence-corrected chi connectivity index (χ1v) is 7.85. The molecule has 1 aliphatic rings. The van der Waals surface area contributed by atoms with Crippen molar-refractivity contribution in [3.63, 3.8) is 0 Å². The van der Waals surface area contributed by atoms with E-state index < -0.39 is 0 Å². The molecule has 1 aliphatic carbocycles. The van der Waals surface area contributed by atoms with E-state index in [1.807, 2.05) is 0 Å². The number of nitrogens with one attached hydrogen (secondary N) is 1. The van der Waals surface area contributed by atoms with Crippen molar-refractivity contribution in [2.45, 2.75) is 64.8 Å². The highest BCUT2D eigenvalue weighted by Crippen LogP contribution is 2.41. The second-order valence-corrected chi connectivity index (χ2v) is 6.92. The Morgan fingerprint density at radius 1 is 1.16 bits per heavy atom. The van der Waals surface area contributed by atoms with E-state index in [-0.39, 0.29) is 0 Å². The first-order chi connectivity index (χ1) is 9.03. The second-order valence-electron chi connectivity index (χ2n) is 6.92. The van der Waals surface area contributed by atoms with Gasteiger partial charge in [-0.3, -0.25) is 0 Å². The molecular formula is C18H29N. The average molecular weight is 259 g/mol. The van der Waals surface area contributed by atoms with Crippen LogP contribution < -0.4 is 5.32 Å². The fourth-order valence-electron chi connectivity index (χ4n) is 3.66.